The number of carbonyl (C=O) groups excluding carboxylic acids is 1. The van der Waals surface area contributed by atoms with E-state index in [1.807, 2.05) is 15.9 Å². The van der Waals surface area contributed by atoms with E-state index in [0.717, 1.165) is 51.5 Å². The molecule has 0 spiro atoms. The van der Waals surface area contributed by atoms with Crippen LogP contribution in [0.5, 0.6) is 0 Å². The Kier molecular flexibility index (Phi) is 4.64. The summed E-state index contributed by atoms with van der Waals surface area (Å²) in [6, 6.07) is 8.84. The van der Waals surface area contributed by atoms with Crippen molar-refractivity contribution >= 4 is 11.7 Å². The lowest BCUT2D eigenvalue weighted by Gasteiger charge is -2.27. The summed E-state index contributed by atoms with van der Waals surface area (Å²) in [4.78, 5) is 18.8. The van der Waals surface area contributed by atoms with Gasteiger partial charge in [-0.25, -0.2) is 4.79 Å². The molecule has 0 radical (unpaired) electrons. The van der Waals surface area contributed by atoms with Gasteiger partial charge in [-0.15, -0.1) is 0 Å². The summed E-state index contributed by atoms with van der Waals surface area (Å²) in [7, 11) is 0. The monoisotopic (exact) mass is 302 g/mol. The number of hydrogen-bond acceptors (Lipinski definition) is 3. The predicted molar refractivity (Wildman–Crippen MR) is 89.2 cm³/mol. The van der Waals surface area contributed by atoms with Crippen LogP contribution < -0.4 is 10.2 Å². The van der Waals surface area contributed by atoms with Crippen LogP contribution in [0.2, 0.25) is 0 Å². The topological polar surface area (TPSA) is 38.8 Å². The fourth-order valence-corrected chi connectivity index (χ4v) is 3.22. The molecular formula is C17H26N4O. The molecule has 2 amide bonds. The molecule has 2 fully saturated rings. The zero-order valence-electron chi connectivity index (χ0n) is 13.6. The van der Waals surface area contributed by atoms with Gasteiger partial charge in [0.1, 0.15) is 0 Å². The first-order valence-electron chi connectivity index (χ1n) is 8.25. The lowest BCUT2D eigenvalue weighted by atomic mass is 10.1. The Labute approximate surface area is 132 Å². The van der Waals surface area contributed by atoms with Gasteiger partial charge in [0.05, 0.1) is 0 Å². The van der Waals surface area contributed by atoms with E-state index in [9.17, 15) is 4.79 Å². The molecule has 22 heavy (non-hydrogen) atoms. The second-order valence-electron chi connectivity index (χ2n) is 6.42. The minimum Gasteiger partial charge on any atom is -0.320 e. The first-order valence-corrected chi connectivity index (χ1v) is 8.25. The molecule has 0 aliphatic carbocycles. The molecule has 1 aromatic carbocycles. The Balaban J connectivity index is 1.70. The highest BCUT2D eigenvalue weighted by atomic mass is 16.2. The molecule has 0 saturated carbocycles. The molecule has 2 heterocycles. The van der Waals surface area contributed by atoms with Crippen LogP contribution >= 0.6 is 0 Å². The van der Waals surface area contributed by atoms with Crippen LogP contribution in [0.15, 0.2) is 24.3 Å². The molecule has 0 atom stereocenters. The Bertz CT molecular complexity index is 525. The summed E-state index contributed by atoms with van der Waals surface area (Å²) < 4.78 is 0. The summed E-state index contributed by atoms with van der Waals surface area (Å²) in [5.41, 5.74) is 2.32. The lowest BCUT2D eigenvalue weighted by Crippen LogP contribution is -2.42. The maximum Gasteiger partial charge on any atom is 0.324 e. The number of anilines is 1. The van der Waals surface area contributed by atoms with Crippen molar-refractivity contribution in [1.82, 2.24) is 15.1 Å². The quantitative estimate of drug-likeness (QED) is 0.921. The number of nitrogens with zero attached hydrogens (tertiary/aromatic N) is 3. The van der Waals surface area contributed by atoms with E-state index in [2.05, 4.69) is 42.3 Å². The van der Waals surface area contributed by atoms with Crippen molar-refractivity contribution in [1.29, 1.82) is 0 Å². The minimum atomic E-state index is 0.134. The fourth-order valence-electron chi connectivity index (χ4n) is 3.22. The summed E-state index contributed by atoms with van der Waals surface area (Å²) in [5.74, 6) is 0. The first-order chi connectivity index (χ1) is 10.6. The van der Waals surface area contributed by atoms with Crippen LogP contribution in [0.4, 0.5) is 10.5 Å². The number of rotatable bonds is 4. The Morgan fingerprint density at radius 2 is 1.91 bits per heavy atom. The van der Waals surface area contributed by atoms with Crippen LogP contribution in [-0.4, -0.2) is 61.1 Å². The molecule has 2 saturated heterocycles. The van der Waals surface area contributed by atoms with Crippen molar-refractivity contribution in [2.45, 2.75) is 26.4 Å². The predicted octanol–water partition coefficient (Wildman–Crippen LogP) is 1.74. The molecule has 1 N–H and O–H groups in total. The number of hydrogen-bond donors (Lipinski definition) is 1. The zero-order valence-corrected chi connectivity index (χ0v) is 13.6. The molecule has 5 nitrogen and oxygen atoms in total. The summed E-state index contributed by atoms with van der Waals surface area (Å²) in [6.45, 7) is 11.0. The first kappa shape index (κ1) is 15.3. The van der Waals surface area contributed by atoms with Gasteiger partial charge in [0.2, 0.25) is 0 Å². The number of amides is 2. The van der Waals surface area contributed by atoms with E-state index in [4.69, 9.17) is 0 Å². The minimum absolute atomic E-state index is 0.134. The molecule has 1 aromatic rings. The van der Waals surface area contributed by atoms with Gasteiger partial charge in [0, 0.05) is 57.5 Å². The molecule has 0 unspecified atom stereocenters. The van der Waals surface area contributed by atoms with Gasteiger partial charge in [-0.05, 0) is 31.5 Å². The highest BCUT2D eigenvalue weighted by Crippen LogP contribution is 2.23. The van der Waals surface area contributed by atoms with Gasteiger partial charge < -0.3 is 10.2 Å². The molecule has 2 aliphatic heterocycles. The molecule has 0 aromatic heterocycles. The third-order valence-corrected chi connectivity index (χ3v) is 4.50. The Morgan fingerprint density at radius 3 is 2.59 bits per heavy atom. The molecule has 0 bridgehead atoms. The van der Waals surface area contributed by atoms with E-state index in [1.54, 1.807) is 0 Å². The smallest absolute Gasteiger partial charge is 0.320 e. The molecule has 2 aliphatic rings. The number of benzene rings is 1. The van der Waals surface area contributed by atoms with Gasteiger partial charge in [-0.1, -0.05) is 12.1 Å². The lowest BCUT2D eigenvalue weighted by molar-refractivity contribution is 0.209. The maximum absolute atomic E-state index is 12.5. The van der Waals surface area contributed by atoms with Crippen LogP contribution in [0.1, 0.15) is 19.4 Å². The largest absolute Gasteiger partial charge is 0.324 e. The normalized spacial score (nSPS) is 20.2. The van der Waals surface area contributed by atoms with Crippen molar-refractivity contribution in [2.75, 3.05) is 44.2 Å². The summed E-state index contributed by atoms with van der Waals surface area (Å²) in [5, 5.41) is 3.38. The van der Waals surface area contributed by atoms with E-state index >= 15 is 0 Å². The van der Waals surface area contributed by atoms with Crippen LogP contribution in [0, 0.1) is 0 Å². The zero-order chi connectivity index (χ0) is 15.5. The van der Waals surface area contributed by atoms with E-state index in [-0.39, 0.29) is 12.1 Å². The van der Waals surface area contributed by atoms with Crippen LogP contribution in [0.3, 0.4) is 0 Å². The van der Waals surface area contributed by atoms with Crippen LogP contribution in [-0.2, 0) is 6.54 Å². The number of urea groups is 1. The van der Waals surface area contributed by atoms with Gasteiger partial charge in [-0.3, -0.25) is 9.80 Å². The number of carbonyl (C=O) groups is 1. The highest BCUT2D eigenvalue weighted by Gasteiger charge is 2.31. The molecular weight excluding hydrogens is 276 g/mol. The van der Waals surface area contributed by atoms with E-state index in [0.29, 0.717) is 0 Å². The number of piperazine rings is 1. The van der Waals surface area contributed by atoms with Crippen molar-refractivity contribution < 1.29 is 4.79 Å². The van der Waals surface area contributed by atoms with Gasteiger partial charge in [-0.2, -0.15) is 0 Å². The second-order valence-corrected chi connectivity index (χ2v) is 6.42. The third-order valence-electron chi connectivity index (χ3n) is 4.50. The fraction of sp³-hybridized carbons (Fsp3) is 0.588. The molecule has 5 heteroatoms. The van der Waals surface area contributed by atoms with Crippen molar-refractivity contribution in [3.05, 3.63) is 29.8 Å². The van der Waals surface area contributed by atoms with Gasteiger partial charge >= 0.3 is 6.03 Å². The average molecular weight is 302 g/mol. The van der Waals surface area contributed by atoms with Crippen molar-refractivity contribution in [2.24, 2.45) is 0 Å². The van der Waals surface area contributed by atoms with Crippen molar-refractivity contribution in [3.8, 4) is 0 Å². The highest BCUT2D eigenvalue weighted by molar-refractivity contribution is 5.94. The summed E-state index contributed by atoms with van der Waals surface area (Å²) >= 11 is 0. The van der Waals surface area contributed by atoms with Gasteiger partial charge in [0.15, 0.2) is 0 Å². The van der Waals surface area contributed by atoms with Gasteiger partial charge in [0.25, 0.3) is 0 Å². The van der Waals surface area contributed by atoms with E-state index in [1.165, 1.54) is 5.56 Å². The Hall–Kier alpha value is -1.59. The Morgan fingerprint density at radius 1 is 1.14 bits per heavy atom. The third kappa shape index (κ3) is 3.25. The standard InChI is InChI=1S/C17H26N4O/c1-14(2)20-10-11-21(17(20)22)16-5-3-4-15(12-16)13-19-8-6-18-7-9-19/h3-5,12,14,18H,6-11,13H2,1-2H3. The maximum atomic E-state index is 12.5. The second kappa shape index (κ2) is 6.67. The average Bonchev–Trinajstić information content (AvgIpc) is 2.90. The van der Waals surface area contributed by atoms with Crippen LogP contribution in [0.25, 0.3) is 0 Å². The van der Waals surface area contributed by atoms with E-state index < -0.39 is 0 Å². The SMILES string of the molecule is CC(C)N1CCN(c2cccc(CN3CCNCC3)c2)C1=O. The van der Waals surface area contributed by atoms with Crippen molar-refractivity contribution in [3.63, 3.8) is 0 Å². The number of nitrogens with one attached hydrogen (secondary N) is 1. The summed E-state index contributed by atoms with van der Waals surface area (Å²) in [6.07, 6.45) is 0. The molecule has 3 rings (SSSR count). The molecule has 120 valence electrons.